The highest BCUT2D eigenvalue weighted by Gasteiger charge is 2.21. The Morgan fingerprint density at radius 2 is 2.20 bits per heavy atom. The van der Waals surface area contributed by atoms with Crippen molar-refractivity contribution in [3.05, 3.63) is 0 Å². The van der Waals surface area contributed by atoms with Gasteiger partial charge >= 0.3 is 0 Å². The van der Waals surface area contributed by atoms with Crippen LogP contribution in [0, 0.1) is 0 Å². The molecule has 0 amide bonds. The minimum absolute atomic E-state index is 0.365. The van der Waals surface area contributed by atoms with E-state index in [1.807, 2.05) is 0 Å². The zero-order valence-electron chi connectivity index (χ0n) is 10.0. The standard InChI is InChI=1S/C12H24BrNO/c1-11(2)15-10-9-14-8-4-3-5-12(14)6-7-13/h11-12H,3-10H2,1-2H3. The van der Waals surface area contributed by atoms with Gasteiger partial charge in [-0.2, -0.15) is 0 Å². The van der Waals surface area contributed by atoms with E-state index < -0.39 is 0 Å². The fraction of sp³-hybridized carbons (Fsp3) is 1.00. The lowest BCUT2D eigenvalue weighted by molar-refractivity contribution is 0.0397. The van der Waals surface area contributed by atoms with Gasteiger partial charge in [0.2, 0.25) is 0 Å². The number of rotatable bonds is 6. The van der Waals surface area contributed by atoms with E-state index in [1.54, 1.807) is 0 Å². The predicted molar refractivity (Wildman–Crippen MR) is 68.7 cm³/mol. The molecule has 0 aromatic carbocycles. The second-order valence-corrected chi connectivity index (χ2v) is 5.38. The van der Waals surface area contributed by atoms with Crippen LogP contribution in [0.25, 0.3) is 0 Å². The third kappa shape index (κ3) is 5.32. The van der Waals surface area contributed by atoms with Gasteiger partial charge < -0.3 is 4.74 Å². The molecule has 0 aliphatic carbocycles. The Bertz CT molecular complexity index is 162. The van der Waals surface area contributed by atoms with Crippen molar-refractivity contribution >= 4 is 15.9 Å². The lowest BCUT2D eigenvalue weighted by Gasteiger charge is -2.35. The summed E-state index contributed by atoms with van der Waals surface area (Å²) in [6.45, 7) is 7.46. The van der Waals surface area contributed by atoms with E-state index in [0.717, 1.165) is 24.5 Å². The first-order valence-corrected chi connectivity index (χ1v) is 7.27. The van der Waals surface area contributed by atoms with Gasteiger partial charge in [0.25, 0.3) is 0 Å². The summed E-state index contributed by atoms with van der Waals surface area (Å²) in [5, 5.41) is 1.12. The molecule has 1 saturated heterocycles. The first-order valence-electron chi connectivity index (χ1n) is 6.15. The molecule has 0 N–H and O–H groups in total. The number of piperidine rings is 1. The molecule has 0 saturated carbocycles. The van der Waals surface area contributed by atoms with E-state index in [0.29, 0.717) is 6.10 Å². The zero-order chi connectivity index (χ0) is 11.1. The van der Waals surface area contributed by atoms with Crippen LogP contribution in [0.3, 0.4) is 0 Å². The van der Waals surface area contributed by atoms with Gasteiger partial charge in [0, 0.05) is 17.9 Å². The van der Waals surface area contributed by atoms with E-state index >= 15 is 0 Å². The van der Waals surface area contributed by atoms with Crippen molar-refractivity contribution < 1.29 is 4.74 Å². The summed E-state index contributed by atoms with van der Waals surface area (Å²) >= 11 is 3.55. The predicted octanol–water partition coefficient (Wildman–Crippen LogP) is 3.05. The van der Waals surface area contributed by atoms with Gasteiger partial charge in [0.15, 0.2) is 0 Å². The molecule has 1 unspecified atom stereocenters. The van der Waals surface area contributed by atoms with Crippen molar-refractivity contribution in [1.82, 2.24) is 4.90 Å². The molecule has 1 aliphatic rings. The molecule has 1 atom stereocenters. The first kappa shape index (κ1) is 13.5. The molecular formula is C12H24BrNO. The lowest BCUT2D eigenvalue weighted by Crippen LogP contribution is -2.41. The molecule has 90 valence electrons. The molecule has 1 aliphatic heterocycles. The number of alkyl halides is 1. The quantitative estimate of drug-likeness (QED) is 0.692. The Labute approximate surface area is 102 Å². The fourth-order valence-corrected chi connectivity index (χ4v) is 2.74. The molecule has 15 heavy (non-hydrogen) atoms. The monoisotopic (exact) mass is 277 g/mol. The van der Waals surface area contributed by atoms with Crippen molar-refractivity contribution in [2.24, 2.45) is 0 Å². The number of likely N-dealkylation sites (tertiary alicyclic amines) is 1. The summed E-state index contributed by atoms with van der Waals surface area (Å²) < 4.78 is 5.62. The third-order valence-electron chi connectivity index (χ3n) is 3.02. The maximum atomic E-state index is 5.62. The summed E-state index contributed by atoms with van der Waals surface area (Å²) in [4.78, 5) is 2.60. The molecule has 0 radical (unpaired) electrons. The van der Waals surface area contributed by atoms with Crippen molar-refractivity contribution in [1.29, 1.82) is 0 Å². The topological polar surface area (TPSA) is 12.5 Å². The first-order chi connectivity index (χ1) is 7.24. The highest BCUT2D eigenvalue weighted by atomic mass is 79.9. The van der Waals surface area contributed by atoms with Gasteiger partial charge in [0.05, 0.1) is 12.7 Å². The largest absolute Gasteiger partial charge is 0.377 e. The van der Waals surface area contributed by atoms with E-state index in [9.17, 15) is 0 Å². The normalized spacial score (nSPS) is 23.6. The van der Waals surface area contributed by atoms with Crippen molar-refractivity contribution in [2.75, 3.05) is 25.0 Å². The van der Waals surface area contributed by atoms with Crippen LogP contribution in [-0.2, 0) is 4.74 Å². The molecular weight excluding hydrogens is 254 g/mol. The molecule has 0 bridgehead atoms. The van der Waals surface area contributed by atoms with Crippen molar-refractivity contribution in [2.45, 2.75) is 51.7 Å². The molecule has 0 spiro atoms. The second kappa shape index (κ2) is 7.64. The molecule has 1 fully saturated rings. The molecule has 1 rings (SSSR count). The number of halogens is 1. The van der Waals surface area contributed by atoms with Crippen LogP contribution in [0.4, 0.5) is 0 Å². The summed E-state index contributed by atoms with van der Waals surface area (Å²) in [6, 6.07) is 0.786. The van der Waals surface area contributed by atoms with E-state index in [-0.39, 0.29) is 0 Å². The van der Waals surface area contributed by atoms with Gasteiger partial charge in [-0.25, -0.2) is 0 Å². The SMILES string of the molecule is CC(C)OCCN1CCCCC1CCBr. The fourth-order valence-electron chi connectivity index (χ4n) is 2.21. The second-order valence-electron chi connectivity index (χ2n) is 4.58. The van der Waals surface area contributed by atoms with E-state index in [4.69, 9.17) is 4.74 Å². The molecule has 0 aromatic rings. The van der Waals surface area contributed by atoms with Crippen LogP contribution in [0.15, 0.2) is 0 Å². The van der Waals surface area contributed by atoms with Gasteiger partial charge in [-0.15, -0.1) is 0 Å². The summed E-state index contributed by atoms with van der Waals surface area (Å²) in [6.07, 6.45) is 5.78. The maximum Gasteiger partial charge on any atom is 0.0597 e. The van der Waals surface area contributed by atoms with E-state index in [1.165, 1.54) is 32.2 Å². The molecule has 3 heteroatoms. The Morgan fingerprint density at radius 1 is 1.40 bits per heavy atom. The number of ether oxygens (including phenoxy) is 1. The van der Waals surface area contributed by atoms with Crippen LogP contribution < -0.4 is 0 Å². The Balaban J connectivity index is 2.23. The smallest absolute Gasteiger partial charge is 0.0597 e. The average molecular weight is 278 g/mol. The summed E-state index contributed by atoms with van der Waals surface area (Å²) in [5.41, 5.74) is 0. The Hall–Kier alpha value is 0.400. The van der Waals surface area contributed by atoms with Gasteiger partial charge in [-0.05, 0) is 39.7 Å². The van der Waals surface area contributed by atoms with Gasteiger partial charge in [-0.3, -0.25) is 4.90 Å². The van der Waals surface area contributed by atoms with E-state index in [2.05, 4.69) is 34.7 Å². The summed E-state index contributed by atoms with van der Waals surface area (Å²) in [7, 11) is 0. The van der Waals surface area contributed by atoms with Crippen LogP contribution in [0.1, 0.15) is 39.5 Å². The van der Waals surface area contributed by atoms with Gasteiger partial charge in [-0.1, -0.05) is 22.4 Å². The van der Waals surface area contributed by atoms with Crippen molar-refractivity contribution in [3.8, 4) is 0 Å². The number of nitrogens with zero attached hydrogens (tertiary/aromatic N) is 1. The van der Waals surface area contributed by atoms with Crippen LogP contribution in [0.5, 0.6) is 0 Å². The van der Waals surface area contributed by atoms with Crippen LogP contribution in [0.2, 0.25) is 0 Å². The van der Waals surface area contributed by atoms with Crippen LogP contribution >= 0.6 is 15.9 Å². The van der Waals surface area contributed by atoms with Crippen LogP contribution in [-0.4, -0.2) is 42.1 Å². The van der Waals surface area contributed by atoms with Crippen molar-refractivity contribution in [3.63, 3.8) is 0 Å². The zero-order valence-corrected chi connectivity index (χ0v) is 11.6. The molecule has 1 heterocycles. The highest BCUT2D eigenvalue weighted by molar-refractivity contribution is 9.09. The Kier molecular flexibility index (Phi) is 6.86. The highest BCUT2D eigenvalue weighted by Crippen LogP contribution is 2.19. The minimum atomic E-state index is 0.365. The maximum absolute atomic E-state index is 5.62. The lowest BCUT2D eigenvalue weighted by atomic mass is 10.0. The average Bonchev–Trinajstić information content (AvgIpc) is 2.20. The molecule has 2 nitrogen and oxygen atoms in total. The van der Waals surface area contributed by atoms with Gasteiger partial charge in [0.1, 0.15) is 0 Å². The number of hydrogen-bond donors (Lipinski definition) is 0. The summed E-state index contributed by atoms with van der Waals surface area (Å²) in [5.74, 6) is 0. The molecule has 0 aromatic heterocycles. The third-order valence-corrected chi connectivity index (χ3v) is 3.48. The Morgan fingerprint density at radius 3 is 2.87 bits per heavy atom. The minimum Gasteiger partial charge on any atom is -0.377 e. The number of hydrogen-bond acceptors (Lipinski definition) is 2.